The Labute approximate surface area is 75.1 Å². The molecule has 0 aromatic heterocycles. The van der Waals surface area contributed by atoms with Crippen molar-refractivity contribution in [2.24, 2.45) is 0 Å². The number of aliphatic hydroxyl groups is 1. The van der Waals surface area contributed by atoms with Crippen molar-refractivity contribution in [2.75, 3.05) is 20.3 Å². The fraction of sp³-hybridized carbons (Fsp3) is 1.00. The first-order valence-electron chi connectivity index (χ1n) is 4.49. The van der Waals surface area contributed by atoms with Crippen LogP contribution in [0.1, 0.15) is 27.2 Å². The normalized spacial score (nSPS) is 18.8. The molecule has 0 aromatic carbocycles. The molecule has 0 heterocycles. The summed E-state index contributed by atoms with van der Waals surface area (Å²) in [6.07, 6.45) is 1.08. The van der Waals surface area contributed by atoms with E-state index in [-0.39, 0.29) is 18.2 Å². The highest BCUT2D eigenvalue weighted by Crippen LogP contribution is 2.11. The molecule has 3 nitrogen and oxygen atoms in total. The summed E-state index contributed by atoms with van der Waals surface area (Å²) in [6, 6.07) is 0. The fourth-order valence-corrected chi connectivity index (χ4v) is 0.999. The number of nitrogens with one attached hydrogen (secondary N) is 1. The Hall–Kier alpha value is -0.120. The number of rotatable bonds is 6. The maximum atomic E-state index is 9.17. The number of aliphatic hydroxyl groups excluding tert-OH is 1. The van der Waals surface area contributed by atoms with E-state index >= 15 is 0 Å². The van der Waals surface area contributed by atoms with Crippen molar-refractivity contribution >= 4 is 0 Å². The van der Waals surface area contributed by atoms with Gasteiger partial charge in [-0.3, -0.25) is 0 Å². The third-order valence-electron chi connectivity index (χ3n) is 2.36. The van der Waals surface area contributed by atoms with Crippen molar-refractivity contribution in [3.63, 3.8) is 0 Å². The van der Waals surface area contributed by atoms with Crippen LogP contribution in [0.15, 0.2) is 0 Å². The number of hydrogen-bond acceptors (Lipinski definition) is 3. The molecular weight excluding hydrogens is 154 g/mol. The molecule has 0 spiro atoms. The van der Waals surface area contributed by atoms with Gasteiger partial charge in [0.25, 0.3) is 0 Å². The molecule has 0 saturated heterocycles. The van der Waals surface area contributed by atoms with Crippen LogP contribution in [0, 0.1) is 0 Å². The third kappa shape index (κ3) is 3.09. The summed E-state index contributed by atoms with van der Waals surface area (Å²) < 4.78 is 5.18. The molecule has 0 bridgehead atoms. The second kappa shape index (κ2) is 5.51. The molecule has 12 heavy (non-hydrogen) atoms. The Morgan fingerprint density at radius 1 is 1.58 bits per heavy atom. The first-order chi connectivity index (χ1) is 5.60. The zero-order valence-electron chi connectivity index (χ0n) is 8.55. The van der Waals surface area contributed by atoms with Gasteiger partial charge in [0, 0.05) is 7.11 Å². The van der Waals surface area contributed by atoms with Crippen molar-refractivity contribution < 1.29 is 9.84 Å². The first-order valence-corrected chi connectivity index (χ1v) is 4.49. The lowest BCUT2D eigenvalue weighted by atomic mass is 9.97. The summed E-state index contributed by atoms with van der Waals surface area (Å²) in [4.78, 5) is 0. The molecule has 0 radical (unpaired) electrons. The molecule has 0 rings (SSSR count). The quantitative estimate of drug-likeness (QED) is 0.626. The van der Waals surface area contributed by atoms with Crippen LogP contribution in [0.5, 0.6) is 0 Å². The van der Waals surface area contributed by atoms with Crippen molar-refractivity contribution in [2.45, 2.75) is 38.8 Å². The fourth-order valence-electron chi connectivity index (χ4n) is 0.999. The minimum Gasteiger partial charge on any atom is -0.394 e. The Morgan fingerprint density at radius 3 is 2.50 bits per heavy atom. The summed E-state index contributed by atoms with van der Waals surface area (Å²) in [5.74, 6) is 0. The third-order valence-corrected chi connectivity index (χ3v) is 2.36. The van der Waals surface area contributed by atoms with E-state index < -0.39 is 0 Å². The molecule has 0 aromatic rings. The molecule has 0 saturated carbocycles. The average molecular weight is 175 g/mol. The van der Waals surface area contributed by atoms with E-state index in [1.165, 1.54) is 0 Å². The van der Waals surface area contributed by atoms with Crippen molar-refractivity contribution in [3.8, 4) is 0 Å². The molecule has 3 heteroatoms. The second-order valence-electron chi connectivity index (χ2n) is 3.38. The zero-order chi connectivity index (χ0) is 9.61. The highest BCUT2D eigenvalue weighted by Gasteiger charge is 2.29. The zero-order valence-corrected chi connectivity index (χ0v) is 8.55. The van der Waals surface area contributed by atoms with Crippen molar-refractivity contribution in [1.82, 2.24) is 5.32 Å². The van der Waals surface area contributed by atoms with Crippen LogP contribution < -0.4 is 5.32 Å². The van der Waals surface area contributed by atoms with Gasteiger partial charge in [0.1, 0.15) is 0 Å². The van der Waals surface area contributed by atoms with Crippen LogP contribution in [-0.2, 0) is 4.74 Å². The lowest BCUT2D eigenvalue weighted by Gasteiger charge is -2.34. The standard InChI is InChI=1S/C9H21NO2/c1-5-6-10-9(3,7-11)8(2)12-4/h8,10-11H,5-7H2,1-4H3. The molecule has 0 aliphatic rings. The number of methoxy groups -OCH3 is 1. The predicted molar refractivity (Wildman–Crippen MR) is 50.3 cm³/mol. The van der Waals surface area contributed by atoms with E-state index in [0.717, 1.165) is 13.0 Å². The highest BCUT2D eigenvalue weighted by atomic mass is 16.5. The van der Waals surface area contributed by atoms with Crippen LogP contribution >= 0.6 is 0 Å². The minimum absolute atomic E-state index is 0.0223. The molecule has 0 aliphatic heterocycles. The van der Waals surface area contributed by atoms with E-state index in [9.17, 15) is 5.11 Å². The van der Waals surface area contributed by atoms with Gasteiger partial charge in [0.05, 0.1) is 18.2 Å². The largest absolute Gasteiger partial charge is 0.394 e. The van der Waals surface area contributed by atoms with Crippen molar-refractivity contribution in [3.05, 3.63) is 0 Å². The minimum atomic E-state index is -0.315. The van der Waals surface area contributed by atoms with E-state index in [0.29, 0.717) is 0 Å². The lowest BCUT2D eigenvalue weighted by molar-refractivity contribution is 0.00837. The van der Waals surface area contributed by atoms with Gasteiger partial charge in [0.2, 0.25) is 0 Å². The SMILES string of the molecule is CCCNC(C)(CO)C(C)OC. The number of hydrogen-bond donors (Lipinski definition) is 2. The van der Waals surface area contributed by atoms with Gasteiger partial charge >= 0.3 is 0 Å². The summed E-state index contributed by atoms with van der Waals surface area (Å²) in [5, 5.41) is 12.4. The van der Waals surface area contributed by atoms with Gasteiger partial charge in [-0.2, -0.15) is 0 Å². The van der Waals surface area contributed by atoms with Gasteiger partial charge in [0.15, 0.2) is 0 Å². The van der Waals surface area contributed by atoms with E-state index in [1.54, 1.807) is 7.11 Å². The van der Waals surface area contributed by atoms with Gasteiger partial charge < -0.3 is 15.2 Å². The molecular formula is C9H21NO2. The maximum absolute atomic E-state index is 9.17. The van der Waals surface area contributed by atoms with E-state index in [2.05, 4.69) is 12.2 Å². The molecule has 2 N–H and O–H groups in total. The summed E-state index contributed by atoms with van der Waals surface area (Å²) in [5.41, 5.74) is -0.315. The summed E-state index contributed by atoms with van der Waals surface area (Å²) in [7, 11) is 1.66. The Balaban J connectivity index is 4.03. The number of ether oxygens (including phenoxy) is 1. The Bertz CT molecular complexity index is 119. The van der Waals surface area contributed by atoms with Crippen LogP contribution in [0.2, 0.25) is 0 Å². The van der Waals surface area contributed by atoms with Crippen LogP contribution in [-0.4, -0.2) is 37.0 Å². The average Bonchev–Trinajstić information content (AvgIpc) is 2.12. The molecule has 0 fully saturated rings. The topological polar surface area (TPSA) is 41.5 Å². The van der Waals surface area contributed by atoms with Crippen LogP contribution in [0.3, 0.4) is 0 Å². The molecule has 2 unspecified atom stereocenters. The van der Waals surface area contributed by atoms with E-state index in [1.807, 2.05) is 13.8 Å². The summed E-state index contributed by atoms with van der Waals surface area (Å²) >= 11 is 0. The summed E-state index contributed by atoms with van der Waals surface area (Å²) in [6.45, 7) is 7.03. The maximum Gasteiger partial charge on any atom is 0.0744 e. The van der Waals surface area contributed by atoms with Crippen LogP contribution in [0.4, 0.5) is 0 Å². The van der Waals surface area contributed by atoms with Gasteiger partial charge in [-0.15, -0.1) is 0 Å². The Kier molecular flexibility index (Phi) is 5.46. The monoisotopic (exact) mass is 175 g/mol. The van der Waals surface area contributed by atoms with Gasteiger partial charge in [-0.05, 0) is 26.8 Å². The molecule has 0 aliphatic carbocycles. The van der Waals surface area contributed by atoms with Gasteiger partial charge in [-0.1, -0.05) is 6.92 Å². The predicted octanol–water partition coefficient (Wildman–Crippen LogP) is 0.772. The van der Waals surface area contributed by atoms with Crippen LogP contribution in [0.25, 0.3) is 0 Å². The smallest absolute Gasteiger partial charge is 0.0744 e. The molecule has 0 amide bonds. The first kappa shape index (κ1) is 11.9. The Morgan fingerprint density at radius 2 is 2.17 bits per heavy atom. The van der Waals surface area contributed by atoms with Gasteiger partial charge in [-0.25, -0.2) is 0 Å². The highest BCUT2D eigenvalue weighted by molar-refractivity contribution is 4.88. The van der Waals surface area contributed by atoms with Crippen molar-refractivity contribution in [1.29, 1.82) is 0 Å². The molecule has 2 atom stereocenters. The molecule has 74 valence electrons. The van der Waals surface area contributed by atoms with E-state index in [4.69, 9.17) is 4.74 Å². The second-order valence-corrected chi connectivity index (χ2v) is 3.38. The lowest BCUT2D eigenvalue weighted by Crippen LogP contribution is -2.54.